The number of amides is 2. The lowest BCUT2D eigenvalue weighted by Gasteiger charge is -2.27. The van der Waals surface area contributed by atoms with E-state index in [9.17, 15) is 31.5 Å². The van der Waals surface area contributed by atoms with Gasteiger partial charge in [0.05, 0.1) is 18.8 Å². The first kappa shape index (κ1) is 27.2. The number of carbonyl (C=O) groups is 2. The van der Waals surface area contributed by atoms with Crippen LogP contribution in [0.5, 0.6) is 0 Å². The van der Waals surface area contributed by atoms with Gasteiger partial charge in [-0.3, -0.25) is 9.59 Å². The minimum atomic E-state index is -4.74. The highest BCUT2D eigenvalue weighted by Gasteiger charge is 2.41. The van der Waals surface area contributed by atoms with Gasteiger partial charge < -0.3 is 10.2 Å². The predicted octanol–water partition coefficient (Wildman–Crippen LogP) is 4.40. The highest BCUT2D eigenvalue weighted by molar-refractivity contribution is 5.88. The van der Waals surface area contributed by atoms with Crippen LogP contribution in [-0.2, 0) is 22.3 Å². The number of hydrogen-bond donors (Lipinski definition) is 1. The fourth-order valence-electron chi connectivity index (χ4n) is 4.48. The SMILES string of the molecule is CC(C)c1ccc(C(NC(=O)C2CC(F)CN2C(=O)Cn2cc(C(F)(F)F)nn2)c2ccccc2)cc1F. The number of nitrogens with one attached hydrogen (secondary N) is 1. The van der Waals surface area contributed by atoms with Crippen LogP contribution >= 0.6 is 0 Å². The molecule has 0 saturated carbocycles. The van der Waals surface area contributed by atoms with Crippen LogP contribution in [0.3, 0.4) is 0 Å². The second kappa shape index (κ2) is 10.9. The topological polar surface area (TPSA) is 80.1 Å². The van der Waals surface area contributed by atoms with Crippen molar-refractivity contribution in [2.45, 2.75) is 57.2 Å². The number of nitrogens with zero attached hydrogens (tertiary/aromatic N) is 4. The molecule has 1 aliphatic heterocycles. The molecule has 2 aromatic carbocycles. The number of alkyl halides is 4. The Morgan fingerprint density at radius 1 is 1.11 bits per heavy atom. The highest BCUT2D eigenvalue weighted by atomic mass is 19.4. The molecule has 38 heavy (non-hydrogen) atoms. The van der Waals surface area contributed by atoms with Gasteiger partial charge in [0.2, 0.25) is 11.8 Å². The Labute approximate surface area is 215 Å². The van der Waals surface area contributed by atoms with Gasteiger partial charge in [-0.25, -0.2) is 13.5 Å². The van der Waals surface area contributed by atoms with Gasteiger partial charge in [-0.1, -0.05) is 61.5 Å². The third-order valence-corrected chi connectivity index (χ3v) is 6.40. The lowest BCUT2D eigenvalue weighted by Crippen LogP contribution is -2.48. The van der Waals surface area contributed by atoms with E-state index in [4.69, 9.17) is 0 Å². The van der Waals surface area contributed by atoms with Gasteiger partial charge >= 0.3 is 6.18 Å². The van der Waals surface area contributed by atoms with Crippen molar-refractivity contribution >= 4 is 11.8 Å². The number of hydrogen-bond acceptors (Lipinski definition) is 4. The van der Waals surface area contributed by atoms with Gasteiger partial charge in [-0.15, -0.1) is 5.10 Å². The monoisotopic (exact) mass is 535 g/mol. The molecule has 3 atom stereocenters. The maximum Gasteiger partial charge on any atom is 0.436 e. The summed E-state index contributed by atoms with van der Waals surface area (Å²) in [5.41, 5.74) is 0.348. The Bertz CT molecular complexity index is 1290. The highest BCUT2D eigenvalue weighted by Crippen LogP contribution is 2.29. The molecular formula is C26H26F5N5O2. The van der Waals surface area contributed by atoms with Gasteiger partial charge in [0, 0.05) is 6.42 Å². The van der Waals surface area contributed by atoms with Crippen molar-refractivity contribution in [2.24, 2.45) is 0 Å². The smallest absolute Gasteiger partial charge is 0.343 e. The van der Waals surface area contributed by atoms with Gasteiger partial charge in [-0.2, -0.15) is 13.2 Å². The molecule has 0 radical (unpaired) electrons. The molecule has 4 rings (SSSR count). The molecule has 1 fully saturated rings. The van der Waals surface area contributed by atoms with E-state index in [0.717, 1.165) is 4.90 Å². The summed E-state index contributed by atoms with van der Waals surface area (Å²) in [6, 6.07) is 11.5. The fourth-order valence-corrected chi connectivity index (χ4v) is 4.48. The van der Waals surface area contributed by atoms with Gasteiger partial charge in [0.25, 0.3) is 0 Å². The number of carbonyl (C=O) groups excluding carboxylic acids is 2. The Kier molecular flexibility index (Phi) is 7.79. The molecule has 0 spiro atoms. The van der Waals surface area contributed by atoms with Crippen LogP contribution in [0, 0.1) is 5.82 Å². The molecule has 2 heterocycles. The first-order valence-corrected chi connectivity index (χ1v) is 12.0. The summed E-state index contributed by atoms with van der Waals surface area (Å²) < 4.78 is 68.3. The van der Waals surface area contributed by atoms with E-state index in [1.54, 1.807) is 42.5 Å². The van der Waals surface area contributed by atoms with E-state index in [0.29, 0.717) is 27.6 Å². The Morgan fingerprint density at radius 3 is 2.42 bits per heavy atom. The molecule has 3 unspecified atom stereocenters. The molecule has 7 nitrogen and oxygen atoms in total. The van der Waals surface area contributed by atoms with E-state index < -0.39 is 60.8 Å². The molecule has 1 aromatic heterocycles. The van der Waals surface area contributed by atoms with E-state index in [1.165, 1.54) is 6.07 Å². The molecule has 3 aromatic rings. The van der Waals surface area contributed by atoms with E-state index in [1.807, 2.05) is 13.8 Å². The summed E-state index contributed by atoms with van der Waals surface area (Å²) in [5.74, 6) is -1.94. The molecular weight excluding hydrogens is 509 g/mol. The third kappa shape index (κ3) is 6.00. The molecule has 12 heteroatoms. The summed E-state index contributed by atoms with van der Waals surface area (Å²) in [7, 11) is 0. The van der Waals surface area contributed by atoms with Crippen molar-refractivity contribution < 1.29 is 31.5 Å². The third-order valence-electron chi connectivity index (χ3n) is 6.40. The zero-order valence-corrected chi connectivity index (χ0v) is 20.6. The van der Waals surface area contributed by atoms with Crippen molar-refractivity contribution in [1.82, 2.24) is 25.2 Å². The number of benzene rings is 2. The summed E-state index contributed by atoms with van der Waals surface area (Å²) >= 11 is 0. The minimum Gasteiger partial charge on any atom is -0.343 e. The molecule has 2 amide bonds. The van der Waals surface area contributed by atoms with E-state index in [2.05, 4.69) is 15.6 Å². The quantitative estimate of drug-likeness (QED) is 0.455. The van der Waals surface area contributed by atoms with Crippen molar-refractivity contribution in [3.05, 3.63) is 82.9 Å². The zero-order valence-electron chi connectivity index (χ0n) is 20.6. The molecule has 1 saturated heterocycles. The zero-order chi connectivity index (χ0) is 27.6. The van der Waals surface area contributed by atoms with Crippen molar-refractivity contribution in [1.29, 1.82) is 0 Å². The average molecular weight is 536 g/mol. The van der Waals surface area contributed by atoms with Gasteiger partial charge in [0.1, 0.15) is 24.6 Å². The van der Waals surface area contributed by atoms with Crippen molar-refractivity contribution in [3.63, 3.8) is 0 Å². The molecule has 0 aliphatic carbocycles. The normalized spacial score (nSPS) is 18.6. The van der Waals surface area contributed by atoms with Crippen LogP contribution in [0.1, 0.15) is 54.6 Å². The van der Waals surface area contributed by atoms with E-state index >= 15 is 0 Å². The van der Waals surface area contributed by atoms with Crippen LogP contribution in [-0.4, -0.2) is 50.5 Å². The van der Waals surface area contributed by atoms with Crippen molar-refractivity contribution in [3.8, 4) is 0 Å². The summed E-state index contributed by atoms with van der Waals surface area (Å²) in [5, 5.41) is 9.12. The van der Waals surface area contributed by atoms with Crippen LogP contribution in [0.25, 0.3) is 0 Å². The van der Waals surface area contributed by atoms with Gasteiger partial charge in [-0.05, 0) is 28.7 Å². The van der Waals surface area contributed by atoms with Gasteiger partial charge in [0.15, 0.2) is 5.69 Å². The minimum absolute atomic E-state index is 0.0504. The summed E-state index contributed by atoms with van der Waals surface area (Å²) in [4.78, 5) is 27.2. The maximum absolute atomic E-state index is 14.8. The molecule has 0 bridgehead atoms. The van der Waals surface area contributed by atoms with Crippen LogP contribution < -0.4 is 5.32 Å². The number of likely N-dealkylation sites (tertiary alicyclic amines) is 1. The van der Waals surface area contributed by atoms with Crippen molar-refractivity contribution in [2.75, 3.05) is 6.54 Å². The second-order valence-corrected chi connectivity index (χ2v) is 9.48. The first-order valence-electron chi connectivity index (χ1n) is 12.0. The predicted molar refractivity (Wildman–Crippen MR) is 127 cm³/mol. The molecule has 1 aliphatic rings. The summed E-state index contributed by atoms with van der Waals surface area (Å²) in [6.45, 7) is 2.67. The van der Waals surface area contributed by atoms with E-state index in [-0.39, 0.29) is 12.3 Å². The maximum atomic E-state index is 14.8. The summed E-state index contributed by atoms with van der Waals surface area (Å²) in [6.07, 6.45) is -5.96. The molecule has 1 N–H and O–H groups in total. The lowest BCUT2D eigenvalue weighted by molar-refractivity contribution is -0.141. The lowest BCUT2D eigenvalue weighted by atomic mass is 9.94. The second-order valence-electron chi connectivity index (χ2n) is 9.48. The number of halogens is 5. The van der Waals surface area contributed by atoms with Crippen LogP contribution in [0.2, 0.25) is 0 Å². The average Bonchev–Trinajstić information content (AvgIpc) is 3.49. The van der Waals surface area contributed by atoms with Crippen LogP contribution in [0.4, 0.5) is 22.0 Å². The fraction of sp³-hybridized carbons (Fsp3) is 0.385. The first-order chi connectivity index (χ1) is 17.9. The Morgan fingerprint density at radius 2 is 1.82 bits per heavy atom. The number of aromatic nitrogens is 3. The molecule has 202 valence electrons. The van der Waals surface area contributed by atoms with Crippen LogP contribution in [0.15, 0.2) is 54.7 Å². The standard InChI is InChI=1S/C26H26F5N5O2/c1-15(2)19-9-8-17(10-20(19)28)24(16-6-4-3-5-7-16)32-25(38)21-11-18(27)12-36(21)23(37)14-35-13-22(33-34-35)26(29,30)31/h3-10,13,15,18,21,24H,11-12,14H2,1-2H3,(H,32,38). The Hall–Kier alpha value is -3.83. The largest absolute Gasteiger partial charge is 0.436 e. The number of rotatable bonds is 7. The Balaban J connectivity index is 1.56.